The molecule has 1 aliphatic carbocycles. The Labute approximate surface area is 153 Å². The van der Waals surface area contributed by atoms with E-state index in [9.17, 15) is 4.79 Å². The van der Waals surface area contributed by atoms with Crippen molar-refractivity contribution in [2.45, 2.75) is 39.0 Å². The number of hydrogen-bond acceptors (Lipinski definition) is 2. The highest BCUT2D eigenvalue weighted by atomic mass is 16.1. The van der Waals surface area contributed by atoms with Gasteiger partial charge in [-0.05, 0) is 54.5 Å². The van der Waals surface area contributed by atoms with Gasteiger partial charge in [0.25, 0.3) is 0 Å². The summed E-state index contributed by atoms with van der Waals surface area (Å²) in [7, 11) is 0. The summed E-state index contributed by atoms with van der Waals surface area (Å²) in [6.45, 7) is 4.21. The Hall–Kier alpha value is -2.88. The molecular formula is C22H23N3O. The van der Waals surface area contributed by atoms with E-state index in [4.69, 9.17) is 0 Å². The molecule has 0 spiro atoms. The van der Waals surface area contributed by atoms with Crippen LogP contribution < -0.4 is 5.32 Å². The second kappa shape index (κ2) is 6.79. The molecule has 0 radical (unpaired) electrons. The molecule has 0 atom stereocenters. The van der Waals surface area contributed by atoms with Gasteiger partial charge in [0.1, 0.15) is 0 Å². The second-order valence-electron chi connectivity index (χ2n) is 7.10. The minimum Gasteiger partial charge on any atom is -0.309 e. The van der Waals surface area contributed by atoms with Crippen molar-refractivity contribution in [3.8, 4) is 11.1 Å². The summed E-state index contributed by atoms with van der Waals surface area (Å²) in [6.07, 6.45) is 2.77. The summed E-state index contributed by atoms with van der Waals surface area (Å²) in [4.78, 5) is 12.4. The number of aromatic amines is 1. The molecule has 1 heterocycles. The number of nitrogens with one attached hydrogen (secondary N) is 2. The number of carbonyl (C=O) groups is 1. The molecule has 0 saturated heterocycles. The predicted octanol–water partition coefficient (Wildman–Crippen LogP) is 4.75. The summed E-state index contributed by atoms with van der Waals surface area (Å²) in [5.41, 5.74) is 6.98. The van der Waals surface area contributed by atoms with Gasteiger partial charge in [0.2, 0.25) is 5.91 Å². The quantitative estimate of drug-likeness (QED) is 0.701. The van der Waals surface area contributed by atoms with Gasteiger partial charge >= 0.3 is 0 Å². The molecule has 132 valence electrons. The number of aromatic nitrogens is 2. The van der Waals surface area contributed by atoms with Crippen LogP contribution in [0.15, 0.2) is 48.5 Å². The average molecular weight is 345 g/mol. The van der Waals surface area contributed by atoms with Gasteiger partial charge in [0.15, 0.2) is 5.82 Å². The largest absolute Gasteiger partial charge is 0.309 e. The number of carbonyl (C=O) groups excluding carboxylic acids is 1. The van der Waals surface area contributed by atoms with Gasteiger partial charge in [-0.3, -0.25) is 9.89 Å². The zero-order valence-electron chi connectivity index (χ0n) is 15.2. The van der Waals surface area contributed by atoms with Crippen molar-refractivity contribution in [1.82, 2.24) is 10.2 Å². The monoisotopic (exact) mass is 345 g/mol. The molecule has 0 bridgehead atoms. The first-order valence-electron chi connectivity index (χ1n) is 9.11. The Morgan fingerprint density at radius 1 is 1.12 bits per heavy atom. The lowest BCUT2D eigenvalue weighted by Crippen LogP contribution is -2.15. The summed E-state index contributed by atoms with van der Waals surface area (Å²) in [5.74, 6) is 1.18. The Morgan fingerprint density at radius 2 is 1.88 bits per heavy atom. The third-order valence-electron chi connectivity index (χ3n) is 5.22. The summed E-state index contributed by atoms with van der Waals surface area (Å²) >= 11 is 0. The third kappa shape index (κ3) is 3.40. The van der Waals surface area contributed by atoms with Crippen LogP contribution in [-0.4, -0.2) is 16.1 Å². The maximum absolute atomic E-state index is 12.4. The highest BCUT2D eigenvalue weighted by molar-refractivity contribution is 5.91. The fourth-order valence-electron chi connectivity index (χ4n) is 3.36. The first-order chi connectivity index (χ1) is 12.6. The number of H-pyrrole nitrogens is 1. The molecule has 1 aromatic heterocycles. The number of benzene rings is 2. The van der Waals surface area contributed by atoms with E-state index in [1.807, 2.05) is 24.3 Å². The van der Waals surface area contributed by atoms with E-state index < -0.39 is 0 Å². The minimum atomic E-state index is -0.0335. The zero-order chi connectivity index (χ0) is 18.1. The molecule has 1 amide bonds. The maximum Gasteiger partial charge on any atom is 0.230 e. The molecule has 0 unspecified atom stereocenters. The van der Waals surface area contributed by atoms with Crippen LogP contribution in [0.5, 0.6) is 0 Å². The lowest BCUT2D eigenvalue weighted by Gasteiger charge is -2.13. The maximum atomic E-state index is 12.4. The number of hydrogen-bond donors (Lipinski definition) is 2. The van der Waals surface area contributed by atoms with Crippen molar-refractivity contribution in [3.63, 3.8) is 0 Å². The molecule has 2 N–H and O–H groups in total. The summed E-state index contributed by atoms with van der Waals surface area (Å²) < 4.78 is 0. The third-order valence-corrected chi connectivity index (χ3v) is 5.22. The zero-order valence-corrected chi connectivity index (χ0v) is 15.2. The van der Waals surface area contributed by atoms with Crippen LogP contribution in [0, 0.1) is 13.8 Å². The van der Waals surface area contributed by atoms with Crippen LogP contribution in [-0.2, 0) is 11.2 Å². The Morgan fingerprint density at radius 3 is 2.62 bits per heavy atom. The highest BCUT2D eigenvalue weighted by Gasteiger charge is 2.25. The van der Waals surface area contributed by atoms with Crippen molar-refractivity contribution < 1.29 is 4.79 Å². The lowest BCUT2D eigenvalue weighted by molar-refractivity contribution is -0.115. The van der Waals surface area contributed by atoms with E-state index in [1.54, 1.807) is 0 Å². The highest BCUT2D eigenvalue weighted by Crippen LogP contribution is 2.39. The fourth-order valence-corrected chi connectivity index (χ4v) is 3.36. The number of nitrogens with zero attached hydrogens (tertiary/aromatic N) is 1. The second-order valence-corrected chi connectivity index (χ2v) is 7.10. The van der Waals surface area contributed by atoms with E-state index in [0.29, 0.717) is 18.2 Å². The van der Waals surface area contributed by atoms with Gasteiger partial charge in [0.05, 0.1) is 6.42 Å². The Balaban J connectivity index is 1.48. The topological polar surface area (TPSA) is 57.8 Å². The molecule has 4 rings (SSSR count). The van der Waals surface area contributed by atoms with Crippen molar-refractivity contribution in [2.24, 2.45) is 0 Å². The first kappa shape index (κ1) is 16.6. The van der Waals surface area contributed by atoms with Gasteiger partial charge in [-0.2, -0.15) is 5.10 Å². The van der Waals surface area contributed by atoms with Gasteiger partial charge < -0.3 is 5.32 Å². The smallest absolute Gasteiger partial charge is 0.230 e. The molecule has 1 saturated carbocycles. The van der Waals surface area contributed by atoms with Crippen molar-refractivity contribution in [2.75, 3.05) is 5.32 Å². The van der Waals surface area contributed by atoms with Gasteiger partial charge in [-0.1, -0.05) is 42.5 Å². The first-order valence-corrected chi connectivity index (χ1v) is 9.11. The molecule has 0 aliphatic heterocycles. The molecule has 3 aromatic rings. The van der Waals surface area contributed by atoms with Crippen LogP contribution in [0.25, 0.3) is 11.1 Å². The van der Waals surface area contributed by atoms with Crippen molar-refractivity contribution in [3.05, 3.63) is 70.9 Å². The molecule has 4 heteroatoms. The number of rotatable bonds is 5. The summed E-state index contributed by atoms with van der Waals surface area (Å²) in [5, 5.41) is 10.1. The normalized spacial score (nSPS) is 13.6. The Kier molecular flexibility index (Phi) is 4.33. The van der Waals surface area contributed by atoms with Gasteiger partial charge in [0, 0.05) is 17.7 Å². The SMILES string of the molecule is Cc1c(CC(=O)Nc2cc(C3CC3)[nH]n2)ccc(-c2ccccc2)c1C. The van der Waals surface area contributed by atoms with Crippen LogP contribution in [0.4, 0.5) is 5.82 Å². The van der Waals surface area contributed by atoms with E-state index in [1.165, 1.54) is 35.1 Å². The molecule has 26 heavy (non-hydrogen) atoms. The molecule has 1 fully saturated rings. The van der Waals surface area contributed by atoms with E-state index in [-0.39, 0.29) is 5.91 Å². The molecule has 4 nitrogen and oxygen atoms in total. The van der Waals surface area contributed by atoms with E-state index >= 15 is 0 Å². The number of anilines is 1. The van der Waals surface area contributed by atoms with E-state index in [2.05, 4.69) is 53.6 Å². The minimum absolute atomic E-state index is 0.0335. The van der Waals surface area contributed by atoms with Crippen LogP contribution >= 0.6 is 0 Å². The fraction of sp³-hybridized carbons (Fsp3) is 0.273. The lowest BCUT2D eigenvalue weighted by atomic mass is 9.92. The van der Waals surface area contributed by atoms with Crippen LogP contribution in [0.1, 0.15) is 41.1 Å². The Bertz CT molecular complexity index is 939. The predicted molar refractivity (Wildman–Crippen MR) is 104 cm³/mol. The number of amides is 1. The standard InChI is InChI=1S/C22H23N3O/c1-14-15(2)19(16-6-4-3-5-7-16)11-10-18(14)12-22(26)23-21-13-20(24-25-21)17-8-9-17/h3-7,10-11,13,17H,8-9,12H2,1-2H3,(H2,23,24,25,26). The van der Waals surface area contributed by atoms with E-state index in [0.717, 1.165) is 11.3 Å². The van der Waals surface area contributed by atoms with Gasteiger partial charge in [-0.15, -0.1) is 0 Å². The van der Waals surface area contributed by atoms with Crippen LogP contribution in [0.2, 0.25) is 0 Å². The molecule has 1 aliphatic rings. The average Bonchev–Trinajstić information content (AvgIpc) is 3.40. The van der Waals surface area contributed by atoms with Gasteiger partial charge in [-0.25, -0.2) is 0 Å². The van der Waals surface area contributed by atoms with Crippen LogP contribution in [0.3, 0.4) is 0 Å². The van der Waals surface area contributed by atoms with Crippen molar-refractivity contribution >= 4 is 11.7 Å². The van der Waals surface area contributed by atoms with Crippen molar-refractivity contribution in [1.29, 1.82) is 0 Å². The molecular weight excluding hydrogens is 322 g/mol. The molecule has 2 aromatic carbocycles. The summed E-state index contributed by atoms with van der Waals surface area (Å²) in [6, 6.07) is 16.5.